The molecule has 0 saturated heterocycles. The number of rotatable bonds is 12. The fourth-order valence-electron chi connectivity index (χ4n) is 7.48. The highest BCUT2D eigenvalue weighted by Crippen LogP contribution is 2.41. The molecule has 64 heavy (non-hydrogen) atoms. The van der Waals surface area contributed by atoms with Crippen LogP contribution in [0, 0.1) is 0 Å². The van der Waals surface area contributed by atoms with Crippen molar-refractivity contribution >= 4 is 86.4 Å². The third-order valence-corrected chi connectivity index (χ3v) is 17.4. The Bertz CT molecular complexity index is 2910. The van der Waals surface area contributed by atoms with Crippen LogP contribution >= 0.6 is 46.2 Å². The van der Waals surface area contributed by atoms with Gasteiger partial charge >= 0.3 is 0 Å². The van der Waals surface area contributed by atoms with E-state index >= 15 is 0 Å². The number of hydrogen-bond donors (Lipinski definition) is 2. The van der Waals surface area contributed by atoms with Crippen LogP contribution < -0.4 is 28.4 Å². The van der Waals surface area contributed by atoms with E-state index in [4.69, 9.17) is 18.9 Å². The second-order valence-corrected chi connectivity index (χ2v) is 21.9. The van der Waals surface area contributed by atoms with Gasteiger partial charge in [-0.15, -0.1) is 46.2 Å². The second-order valence-electron chi connectivity index (χ2n) is 14.6. The summed E-state index contributed by atoms with van der Waals surface area (Å²) < 4.78 is 84.3. The number of thiophene rings is 2. The maximum Gasteiger partial charge on any atom is 0.241 e. The van der Waals surface area contributed by atoms with E-state index in [1.165, 1.54) is 12.1 Å². The van der Waals surface area contributed by atoms with Crippen LogP contribution in [-0.4, -0.2) is 55.8 Å². The zero-order chi connectivity index (χ0) is 44.3. The van der Waals surface area contributed by atoms with Gasteiger partial charge in [-0.3, -0.25) is 0 Å². The number of hydrogen-bond acceptors (Lipinski definition) is 12. The van der Waals surface area contributed by atoms with Crippen LogP contribution in [0.5, 0.6) is 23.0 Å². The summed E-state index contributed by atoms with van der Waals surface area (Å²) in [5.74, 6) is 2.01. The van der Waals surface area contributed by atoms with Gasteiger partial charge in [-0.25, -0.2) is 16.8 Å². The number of ether oxygens (including phenoxy) is 4. The molecular formula is C48H42N2O8S6. The molecule has 0 saturated carbocycles. The summed E-state index contributed by atoms with van der Waals surface area (Å²) in [5.41, 5.74) is 1.85. The van der Waals surface area contributed by atoms with Gasteiger partial charge in [0.05, 0.1) is 21.9 Å². The Morgan fingerprint density at radius 1 is 0.469 bits per heavy atom. The largest absolute Gasteiger partial charge is 0.486 e. The fourth-order valence-corrected chi connectivity index (χ4v) is 13.6. The lowest BCUT2D eigenvalue weighted by molar-refractivity contribution is 0.171. The number of benzene rings is 6. The molecule has 2 atom stereocenters. The van der Waals surface area contributed by atoms with Gasteiger partial charge in [0.15, 0.2) is 23.0 Å². The van der Waals surface area contributed by atoms with Crippen molar-refractivity contribution in [1.29, 1.82) is 0 Å². The van der Waals surface area contributed by atoms with E-state index in [1.54, 1.807) is 70.5 Å². The van der Waals surface area contributed by atoms with E-state index in [1.807, 2.05) is 97.4 Å². The van der Waals surface area contributed by atoms with Gasteiger partial charge in [-0.1, -0.05) is 72.8 Å². The van der Waals surface area contributed by atoms with E-state index in [2.05, 4.69) is 33.7 Å². The smallest absolute Gasteiger partial charge is 0.241 e. The molecule has 0 bridgehead atoms. The van der Waals surface area contributed by atoms with Gasteiger partial charge in [-0.05, 0) is 95.1 Å². The minimum absolute atomic E-state index is 0.148. The lowest BCUT2D eigenvalue weighted by atomic mass is 10.1. The third kappa shape index (κ3) is 9.51. The van der Waals surface area contributed by atoms with Crippen molar-refractivity contribution in [3.05, 3.63) is 166 Å². The lowest BCUT2D eigenvalue weighted by Crippen LogP contribution is -2.29. The maximum atomic E-state index is 13.5. The van der Waals surface area contributed by atoms with Crippen LogP contribution in [0.3, 0.4) is 0 Å². The molecule has 16 heteroatoms. The summed E-state index contributed by atoms with van der Waals surface area (Å²) in [6.45, 7) is 1.71. The van der Waals surface area contributed by atoms with E-state index in [-0.39, 0.29) is 9.79 Å². The molecule has 2 aliphatic rings. The Morgan fingerprint density at radius 3 is 1.25 bits per heavy atom. The second kappa shape index (κ2) is 19.2. The molecule has 0 spiro atoms. The van der Waals surface area contributed by atoms with Crippen molar-refractivity contribution in [2.45, 2.75) is 31.7 Å². The highest BCUT2D eigenvalue weighted by Gasteiger charge is 2.29. The molecular weight excluding hydrogens is 925 g/mol. The monoisotopic (exact) mass is 966 g/mol. The maximum absolute atomic E-state index is 13.5. The molecule has 8 aromatic rings. The first-order valence-electron chi connectivity index (χ1n) is 20.2. The molecule has 0 radical (unpaired) electrons. The van der Waals surface area contributed by atoms with Crippen molar-refractivity contribution < 1.29 is 35.8 Å². The lowest BCUT2D eigenvalue weighted by Gasteiger charge is -2.22. The summed E-state index contributed by atoms with van der Waals surface area (Å²) in [6, 6.07) is 44.5. The van der Waals surface area contributed by atoms with E-state index in [9.17, 15) is 16.8 Å². The summed E-state index contributed by atoms with van der Waals surface area (Å²) in [5, 5.41) is 2.19. The molecule has 2 aliphatic heterocycles. The molecule has 10 rings (SSSR count). The van der Waals surface area contributed by atoms with Crippen LogP contribution in [0.1, 0.15) is 33.0 Å². The van der Waals surface area contributed by atoms with Crippen LogP contribution in [0.2, 0.25) is 0 Å². The Morgan fingerprint density at radius 2 is 0.844 bits per heavy atom. The van der Waals surface area contributed by atoms with Gasteiger partial charge in [0.25, 0.3) is 0 Å². The summed E-state index contributed by atoms with van der Waals surface area (Å²) in [6.07, 6.45) is 3.99. The highest BCUT2D eigenvalue weighted by atomic mass is 32.2. The van der Waals surface area contributed by atoms with Crippen molar-refractivity contribution in [3.8, 4) is 23.0 Å². The fraction of sp³-hybridized carbons (Fsp3) is 0.167. The summed E-state index contributed by atoms with van der Waals surface area (Å²) in [7, 11) is -7.68. The Labute approximate surface area is 389 Å². The molecule has 2 unspecified atom stereocenters. The molecule has 0 aliphatic carbocycles. The normalized spacial score (nSPS) is 14.4. The van der Waals surface area contributed by atoms with Crippen LogP contribution in [0.15, 0.2) is 165 Å². The summed E-state index contributed by atoms with van der Waals surface area (Å²) in [4.78, 5) is 4.23. The molecule has 328 valence electrons. The van der Waals surface area contributed by atoms with Crippen LogP contribution in [-0.2, 0) is 20.0 Å². The Kier molecular flexibility index (Phi) is 13.3. The molecule has 2 N–H and O–H groups in total. The molecule has 2 aromatic heterocycles. The Hall–Kier alpha value is -5.04. The minimum atomic E-state index is -3.84. The van der Waals surface area contributed by atoms with Crippen LogP contribution in [0.25, 0.3) is 20.2 Å². The zero-order valence-corrected chi connectivity index (χ0v) is 39.5. The predicted molar refractivity (Wildman–Crippen MR) is 259 cm³/mol. The van der Waals surface area contributed by atoms with Crippen molar-refractivity contribution in [3.63, 3.8) is 0 Å². The molecule has 0 amide bonds. The SMILES string of the molecule is CSc1ccccc1C(NS(=O)(=O)c1ccc2c(c1)OCCO2)c1cc2ccccc2s1.CSc1ccccc1C(NS(=O)(=O)c1ccc2c(c1)OCCO2)c1cc2ccccc2s1. The van der Waals surface area contributed by atoms with Gasteiger partial charge in [-0.2, -0.15) is 9.44 Å². The minimum Gasteiger partial charge on any atom is -0.486 e. The number of nitrogens with one attached hydrogen (secondary N) is 2. The molecule has 6 aromatic carbocycles. The highest BCUT2D eigenvalue weighted by molar-refractivity contribution is 7.99. The first-order chi connectivity index (χ1) is 31.1. The molecule has 10 nitrogen and oxygen atoms in total. The van der Waals surface area contributed by atoms with E-state index in [0.29, 0.717) is 49.4 Å². The molecule has 4 heterocycles. The average Bonchev–Trinajstić information content (AvgIpc) is 3.97. The topological polar surface area (TPSA) is 129 Å². The van der Waals surface area contributed by atoms with Gasteiger partial charge in [0.2, 0.25) is 20.0 Å². The first kappa shape index (κ1) is 44.2. The van der Waals surface area contributed by atoms with Crippen molar-refractivity contribution in [2.24, 2.45) is 0 Å². The average molecular weight is 967 g/mol. The number of sulfonamides is 2. The van der Waals surface area contributed by atoms with Gasteiger partial charge in [0, 0.05) is 41.1 Å². The van der Waals surface area contributed by atoms with E-state index in [0.717, 1.165) is 50.8 Å². The third-order valence-electron chi connectivity index (χ3n) is 10.6. The van der Waals surface area contributed by atoms with Crippen molar-refractivity contribution in [1.82, 2.24) is 9.44 Å². The predicted octanol–water partition coefficient (Wildman–Crippen LogP) is 10.9. The number of fused-ring (bicyclic) bond motifs is 4. The van der Waals surface area contributed by atoms with Crippen LogP contribution in [0.4, 0.5) is 0 Å². The standard InChI is InChI=1S/2C24H21NO4S3/c2*1-30-22-9-5-3-7-18(22)24(23-14-16-6-2-4-8-21(16)31-23)25-32(26,27)17-10-11-19-20(15-17)29-13-12-28-19/h2*2-11,14-15,24-25H,12-13H2,1H3. The number of thioether (sulfide) groups is 2. The van der Waals surface area contributed by atoms with Gasteiger partial charge in [0.1, 0.15) is 26.4 Å². The first-order valence-corrected chi connectivity index (χ1v) is 27.2. The van der Waals surface area contributed by atoms with Crippen molar-refractivity contribution in [2.75, 3.05) is 38.9 Å². The molecule has 0 fully saturated rings. The summed E-state index contributed by atoms with van der Waals surface area (Å²) >= 11 is 6.39. The Balaban J connectivity index is 0.000000162. The van der Waals surface area contributed by atoms with Gasteiger partial charge < -0.3 is 18.9 Å². The quantitative estimate of drug-likeness (QED) is 0.114. The van der Waals surface area contributed by atoms with E-state index < -0.39 is 32.1 Å². The zero-order valence-electron chi connectivity index (χ0n) is 34.6.